The molecule has 0 bridgehead atoms. The first-order valence-corrected chi connectivity index (χ1v) is 7.77. The van der Waals surface area contributed by atoms with E-state index in [2.05, 4.69) is 15.2 Å². The van der Waals surface area contributed by atoms with Crippen LogP contribution in [-0.4, -0.2) is 45.2 Å². The third kappa shape index (κ3) is 3.39. The fourth-order valence-electron chi connectivity index (χ4n) is 2.65. The molecule has 2 aromatic rings. The summed E-state index contributed by atoms with van der Waals surface area (Å²) in [5, 5.41) is 7.83. The maximum absolute atomic E-state index is 12.7. The van der Waals surface area contributed by atoms with Crippen LogP contribution in [0.1, 0.15) is 47.9 Å². The van der Waals surface area contributed by atoms with Crippen LogP contribution in [0.4, 0.5) is 0 Å². The Hall–Kier alpha value is -2.28. The fraction of sp³-hybridized carbons (Fsp3) is 0.500. The lowest BCUT2D eigenvalue weighted by atomic mass is 10.2. The third-order valence-electron chi connectivity index (χ3n) is 3.75. The smallest absolute Gasteiger partial charge is 0.272 e. The van der Waals surface area contributed by atoms with Gasteiger partial charge >= 0.3 is 0 Å². The minimum Gasteiger partial charge on any atom is -0.423 e. The van der Waals surface area contributed by atoms with Crippen LogP contribution in [0.2, 0.25) is 0 Å². The number of aromatic nitrogens is 3. The Labute approximate surface area is 134 Å². The predicted molar refractivity (Wildman–Crippen MR) is 81.8 cm³/mol. The number of amides is 1. The second kappa shape index (κ2) is 6.45. The molecular weight excluding hydrogens is 296 g/mol. The molecule has 0 N–H and O–H groups in total. The molecule has 0 unspecified atom stereocenters. The number of carbonyl (C=O) groups excluding carboxylic acids is 1. The predicted octanol–water partition coefficient (Wildman–Crippen LogP) is 1.94. The van der Waals surface area contributed by atoms with Gasteiger partial charge in [0.2, 0.25) is 11.8 Å². The van der Waals surface area contributed by atoms with E-state index >= 15 is 0 Å². The van der Waals surface area contributed by atoms with E-state index in [0.29, 0.717) is 30.6 Å². The zero-order chi connectivity index (χ0) is 16.4. The van der Waals surface area contributed by atoms with Crippen molar-refractivity contribution in [2.75, 3.05) is 13.1 Å². The normalized spacial score (nSPS) is 21.4. The molecule has 1 saturated heterocycles. The van der Waals surface area contributed by atoms with Crippen molar-refractivity contribution in [3.05, 3.63) is 41.4 Å². The van der Waals surface area contributed by atoms with Crippen molar-refractivity contribution in [1.82, 2.24) is 20.1 Å². The molecule has 1 amide bonds. The monoisotopic (exact) mass is 316 g/mol. The van der Waals surface area contributed by atoms with Gasteiger partial charge in [0.25, 0.3) is 5.91 Å². The first-order valence-electron chi connectivity index (χ1n) is 7.77. The molecule has 0 aromatic carbocycles. The van der Waals surface area contributed by atoms with Crippen molar-refractivity contribution in [3.63, 3.8) is 0 Å². The van der Waals surface area contributed by atoms with Crippen molar-refractivity contribution in [1.29, 1.82) is 0 Å². The summed E-state index contributed by atoms with van der Waals surface area (Å²) in [7, 11) is 0. The van der Waals surface area contributed by atoms with Gasteiger partial charge in [-0.3, -0.25) is 4.79 Å². The zero-order valence-electron chi connectivity index (χ0n) is 13.5. The lowest BCUT2D eigenvalue weighted by molar-refractivity contribution is -0.0797. The number of aryl methyl sites for hydroxylation is 2. The summed E-state index contributed by atoms with van der Waals surface area (Å²) in [6, 6.07) is 5.53. The highest BCUT2D eigenvalue weighted by Crippen LogP contribution is 2.25. The van der Waals surface area contributed by atoms with E-state index in [0.717, 1.165) is 12.1 Å². The van der Waals surface area contributed by atoms with E-state index in [1.54, 1.807) is 17.9 Å². The number of hydrogen-bond donors (Lipinski definition) is 0. The molecule has 1 aliphatic heterocycles. The molecule has 0 aliphatic carbocycles. The average molecular weight is 316 g/mol. The Kier molecular flexibility index (Phi) is 4.38. The number of rotatable bonds is 3. The van der Waals surface area contributed by atoms with Crippen molar-refractivity contribution in [2.24, 2.45) is 0 Å². The topological polar surface area (TPSA) is 81.4 Å². The Bertz CT molecular complexity index is 700. The summed E-state index contributed by atoms with van der Waals surface area (Å²) in [4.78, 5) is 18.9. The highest BCUT2D eigenvalue weighted by atomic mass is 16.5. The summed E-state index contributed by atoms with van der Waals surface area (Å²) in [6.07, 6.45) is 0.280. The van der Waals surface area contributed by atoms with Crippen LogP contribution < -0.4 is 0 Å². The molecule has 1 fully saturated rings. The number of ether oxygens (including phenoxy) is 1. The number of carbonyl (C=O) groups is 1. The Morgan fingerprint density at radius 3 is 2.87 bits per heavy atom. The average Bonchev–Trinajstić information content (AvgIpc) is 3.00. The van der Waals surface area contributed by atoms with Gasteiger partial charge in [0.05, 0.1) is 12.6 Å². The molecule has 1 aliphatic rings. The van der Waals surface area contributed by atoms with Crippen LogP contribution in [0.5, 0.6) is 0 Å². The first kappa shape index (κ1) is 15.6. The number of nitrogens with zero attached hydrogens (tertiary/aromatic N) is 4. The van der Waals surface area contributed by atoms with Gasteiger partial charge in [0, 0.05) is 19.2 Å². The van der Waals surface area contributed by atoms with Crippen LogP contribution in [0.25, 0.3) is 0 Å². The molecule has 0 radical (unpaired) electrons. The summed E-state index contributed by atoms with van der Waals surface area (Å²) >= 11 is 0. The van der Waals surface area contributed by atoms with Gasteiger partial charge in [0.15, 0.2) is 6.10 Å². The summed E-state index contributed by atoms with van der Waals surface area (Å²) in [6.45, 7) is 6.56. The Morgan fingerprint density at radius 2 is 2.17 bits per heavy atom. The second-order valence-corrected chi connectivity index (χ2v) is 5.67. The van der Waals surface area contributed by atoms with E-state index in [-0.39, 0.29) is 12.0 Å². The molecule has 0 saturated carbocycles. The van der Waals surface area contributed by atoms with Crippen LogP contribution in [0.3, 0.4) is 0 Å². The maximum Gasteiger partial charge on any atom is 0.272 e. The lowest BCUT2D eigenvalue weighted by Crippen LogP contribution is -2.46. The van der Waals surface area contributed by atoms with Crippen molar-refractivity contribution >= 4 is 5.91 Å². The van der Waals surface area contributed by atoms with E-state index in [4.69, 9.17) is 9.15 Å². The second-order valence-electron chi connectivity index (χ2n) is 5.67. The Balaban J connectivity index is 1.79. The summed E-state index contributed by atoms with van der Waals surface area (Å²) < 4.78 is 11.3. The van der Waals surface area contributed by atoms with Gasteiger partial charge < -0.3 is 14.1 Å². The lowest BCUT2D eigenvalue weighted by Gasteiger charge is -2.35. The van der Waals surface area contributed by atoms with Crippen molar-refractivity contribution < 1.29 is 13.9 Å². The van der Waals surface area contributed by atoms with Crippen LogP contribution in [0.15, 0.2) is 22.6 Å². The summed E-state index contributed by atoms with van der Waals surface area (Å²) in [5.74, 6) is 0.788. The highest BCUT2D eigenvalue weighted by molar-refractivity contribution is 5.92. The van der Waals surface area contributed by atoms with Gasteiger partial charge in [-0.25, -0.2) is 4.98 Å². The van der Waals surface area contributed by atoms with E-state index in [1.165, 1.54) is 0 Å². The minimum absolute atomic E-state index is 0.100. The summed E-state index contributed by atoms with van der Waals surface area (Å²) in [5.41, 5.74) is 1.36. The molecule has 2 aromatic heterocycles. The molecule has 7 nitrogen and oxygen atoms in total. The van der Waals surface area contributed by atoms with Crippen LogP contribution in [-0.2, 0) is 11.2 Å². The van der Waals surface area contributed by atoms with Crippen molar-refractivity contribution in [3.8, 4) is 0 Å². The number of pyridine rings is 1. The van der Waals surface area contributed by atoms with Gasteiger partial charge in [-0.15, -0.1) is 10.2 Å². The molecule has 2 atom stereocenters. The molecule has 122 valence electrons. The van der Waals surface area contributed by atoms with E-state index in [1.807, 2.05) is 26.0 Å². The fourth-order valence-corrected chi connectivity index (χ4v) is 2.65. The van der Waals surface area contributed by atoms with E-state index in [9.17, 15) is 4.79 Å². The molecule has 3 heterocycles. The molecule has 7 heteroatoms. The van der Waals surface area contributed by atoms with Crippen LogP contribution in [0, 0.1) is 6.92 Å². The molecule has 3 rings (SSSR count). The van der Waals surface area contributed by atoms with Crippen LogP contribution >= 0.6 is 0 Å². The number of morpholine rings is 1. The largest absolute Gasteiger partial charge is 0.423 e. The van der Waals surface area contributed by atoms with Gasteiger partial charge in [-0.2, -0.15) is 0 Å². The quantitative estimate of drug-likeness (QED) is 0.860. The Morgan fingerprint density at radius 1 is 1.35 bits per heavy atom. The first-order chi connectivity index (χ1) is 11.1. The van der Waals surface area contributed by atoms with Crippen molar-refractivity contribution in [2.45, 2.75) is 39.4 Å². The zero-order valence-corrected chi connectivity index (χ0v) is 13.5. The van der Waals surface area contributed by atoms with Gasteiger partial charge in [-0.05, 0) is 25.5 Å². The third-order valence-corrected chi connectivity index (χ3v) is 3.75. The minimum atomic E-state index is -0.404. The molecular formula is C16H20N4O3. The van der Waals surface area contributed by atoms with E-state index < -0.39 is 6.10 Å². The highest BCUT2D eigenvalue weighted by Gasteiger charge is 2.33. The standard InChI is InChI=1S/C16H20N4O3/c1-4-12-6-5-7-13(17-12)16(21)20-8-10(2)22-14(9-20)15-19-18-11(3)23-15/h5-7,10,14H,4,8-9H2,1-3H3/t10-,14-/m1/s1. The molecule has 23 heavy (non-hydrogen) atoms. The SMILES string of the molecule is CCc1cccc(C(=O)N2C[C@@H](C)O[C@@H](c3nnc(C)o3)C2)n1. The maximum atomic E-state index is 12.7. The molecule has 0 spiro atoms. The van der Waals surface area contributed by atoms with Gasteiger partial charge in [0.1, 0.15) is 5.69 Å². The number of hydrogen-bond acceptors (Lipinski definition) is 6. The van der Waals surface area contributed by atoms with Gasteiger partial charge in [-0.1, -0.05) is 13.0 Å².